The van der Waals surface area contributed by atoms with Crippen LogP contribution in [0.15, 0.2) is 24.8 Å². The van der Waals surface area contributed by atoms with Crippen molar-refractivity contribution in [3.8, 4) is 0 Å². The SMILES string of the molecule is O=C(Nc1ncc(C(F)(F)F)cn1)C1CC1C(=O)Nc1ncc(C(F)(F)F)cn1. The third-order valence-electron chi connectivity index (χ3n) is 3.89. The average Bonchev–Trinajstić information content (AvgIpc) is 3.42. The molecular weight excluding hydrogens is 410 g/mol. The number of hydrogen-bond acceptors (Lipinski definition) is 6. The number of rotatable bonds is 4. The molecule has 1 fully saturated rings. The van der Waals surface area contributed by atoms with Crippen molar-refractivity contribution < 1.29 is 35.9 Å². The fourth-order valence-electron chi connectivity index (χ4n) is 2.26. The molecule has 2 amide bonds. The Kier molecular flexibility index (Phi) is 5.11. The molecule has 0 radical (unpaired) electrons. The molecule has 0 spiro atoms. The average molecular weight is 420 g/mol. The van der Waals surface area contributed by atoms with Gasteiger partial charge in [-0.25, -0.2) is 19.9 Å². The van der Waals surface area contributed by atoms with E-state index in [-0.39, 0.29) is 18.3 Å². The third-order valence-corrected chi connectivity index (χ3v) is 3.89. The van der Waals surface area contributed by atoms with Crippen LogP contribution >= 0.6 is 0 Å². The Balaban J connectivity index is 1.53. The number of nitrogens with one attached hydrogen (secondary N) is 2. The van der Waals surface area contributed by atoms with Gasteiger partial charge in [-0.1, -0.05) is 0 Å². The summed E-state index contributed by atoms with van der Waals surface area (Å²) in [4.78, 5) is 37.6. The predicted octanol–water partition coefficient (Wildman–Crippen LogP) is 2.52. The monoisotopic (exact) mass is 420 g/mol. The highest BCUT2D eigenvalue weighted by Crippen LogP contribution is 2.40. The van der Waals surface area contributed by atoms with Crippen molar-refractivity contribution >= 4 is 23.7 Å². The molecule has 14 heteroatoms. The van der Waals surface area contributed by atoms with Gasteiger partial charge in [0, 0.05) is 24.8 Å². The number of carbonyl (C=O) groups excluding carboxylic acids is 2. The summed E-state index contributed by atoms with van der Waals surface area (Å²) in [6, 6.07) is 0. The van der Waals surface area contributed by atoms with Gasteiger partial charge in [-0.05, 0) is 6.42 Å². The van der Waals surface area contributed by atoms with Crippen LogP contribution in [-0.4, -0.2) is 31.8 Å². The first-order valence-electron chi connectivity index (χ1n) is 7.85. The van der Waals surface area contributed by atoms with Gasteiger partial charge in [0.25, 0.3) is 0 Å². The lowest BCUT2D eigenvalue weighted by atomic mass is 10.3. The second-order valence-corrected chi connectivity index (χ2v) is 6.01. The summed E-state index contributed by atoms with van der Waals surface area (Å²) < 4.78 is 74.7. The zero-order valence-electron chi connectivity index (χ0n) is 14.0. The van der Waals surface area contributed by atoms with Gasteiger partial charge < -0.3 is 0 Å². The van der Waals surface area contributed by atoms with E-state index < -0.39 is 47.1 Å². The molecule has 3 rings (SSSR count). The Hall–Kier alpha value is -3.32. The molecule has 0 bridgehead atoms. The maximum Gasteiger partial charge on any atom is 0.419 e. The summed E-state index contributed by atoms with van der Waals surface area (Å²) in [5.41, 5.74) is -2.17. The van der Waals surface area contributed by atoms with Crippen molar-refractivity contribution in [2.75, 3.05) is 10.6 Å². The molecule has 2 unspecified atom stereocenters. The molecule has 2 N–H and O–H groups in total. The summed E-state index contributed by atoms with van der Waals surface area (Å²) in [5, 5.41) is 4.38. The van der Waals surface area contributed by atoms with Gasteiger partial charge in [-0.15, -0.1) is 0 Å². The van der Waals surface area contributed by atoms with Gasteiger partial charge in [0.15, 0.2) is 0 Å². The smallest absolute Gasteiger partial charge is 0.294 e. The van der Waals surface area contributed by atoms with Crippen molar-refractivity contribution in [3.05, 3.63) is 35.9 Å². The first-order valence-corrected chi connectivity index (χ1v) is 7.85. The molecule has 29 heavy (non-hydrogen) atoms. The van der Waals surface area contributed by atoms with E-state index >= 15 is 0 Å². The number of hydrogen-bond donors (Lipinski definition) is 2. The molecule has 2 atom stereocenters. The lowest BCUT2D eigenvalue weighted by Gasteiger charge is -2.07. The summed E-state index contributed by atoms with van der Waals surface area (Å²) in [7, 11) is 0. The summed E-state index contributed by atoms with van der Waals surface area (Å²) in [5.74, 6) is -3.68. The number of nitrogens with zero attached hydrogens (tertiary/aromatic N) is 4. The van der Waals surface area contributed by atoms with Crippen LogP contribution in [0.2, 0.25) is 0 Å². The van der Waals surface area contributed by atoms with Gasteiger partial charge in [0.05, 0.1) is 23.0 Å². The highest BCUT2D eigenvalue weighted by Gasteiger charge is 2.48. The fraction of sp³-hybridized carbons (Fsp3) is 0.333. The predicted molar refractivity (Wildman–Crippen MR) is 82.9 cm³/mol. The van der Waals surface area contributed by atoms with E-state index in [1.807, 2.05) is 0 Å². The van der Waals surface area contributed by atoms with Gasteiger partial charge >= 0.3 is 12.4 Å². The van der Waals surface area contributed by atoms with Crippen molar-refractivity contribution in [1.29, 1.82) is 0 Å². The van der Waals surface area contributed by atoms with E-state index in [2.05, 4.69) is 30.6 Å². The highest BCUT2D eigenvalue weighted by atomic mass is 19.4. The Morgan fingerprint density at radius 1 is 0.724 bits per heavy atom. The maximum atomic E-state index is 12.4. The van der Waals surface area contributed by atoms with Gasteiger partial charge in [-0.3, -0.25) is 20.2 Å². The van der Waals surface area contributed by atoms with Crippen LogP contribution in [0.25, 0.3) is 0 Å². The molecule has 0 saturated heterocycles. The summed E-state index contributed by atoms with van der Waals surface area (Å²) in [6.45, 7) is 0. The van der Waals surface area contributed by atoms with Crippen LogP contribution in [0.1, 0.15) is 17.5 Å². The first-order chi connectivity index (χ1) is 13.4. The van der Waals surface area contributed by atoms with Crippen molar-refractivity contribution in [1.82, 2.24) is 19.9 Å². The number of carbonyl (C=O) groups is 2. The Morgan fingerprint density at radius 3 is 1.31 bits per heavy atom. The molecular formula is C15H10F6N6O2. The molecule has 2 heterocycles. The van der Waals surface area contributed by atoms with Gasteiger partial charge in [-0.2, -0.15) is 26.3 Å². The first kappa shape index (κ1) is 20.4. The minimum absolute atomic E-state index is 0.124. The van der Waals surface area contributed by atoms with E-state index in [4.69, 9.17) is 0 Å². The number of amides is 2. The third kappa shape index (κ3) is 4.94. The van der Waals surface area contributed by atoms with E-state index in [0.717, 1.165) is 0 Å². The largest absolute Gasteiger partial charge is 0.419 e. The zero-order chi connectivity index (χ0) is 21.4. The quantitative estimate of drug-likeness (QED) is 0.736. The second-order valence-electron chi connectivity index (χ2n) is 6.01. The van der Waals surface area contributed by atoms with Crippen LogP contribution in [0.4, 0.5) is 38.2 Å². The highest BCUT2D eigenvalue weighted by molar-refractivity contribution is 6.02. The Morgan fingerprint density at radius 2 is 1.03 bits per heavy atom. The van der Waals surface area contributed by atoms with Crippen LogP contribution < -0.4 is 10.6 Å². The normalized spacial score (nSPS) is 18.8. The molecule has 1 saturated carbocycles. The summed E-state index contributed by atoms with van der Waals surface area (Å²) in [6.07, 6.45) is -7.11. The molecule has 0 aliphatic heterocycles. The minimum atomic E-state index is -4.62. The van der Waals surface area contributed by atoms with Crippen molar-refractivity contribution in [2.24, 2.45) is 11.8 Å². The number of anilines is 2. The van der Waals surface area contributed by atoms with E-state index in [0.29, 0.717) is 24.8 Å². The van der Waals surface area contributed by atoms with Gasteiger partial charge in [0.2, 0.25) is 23.7 Å². The minimum Gasteiger partial charge on any atom is -0.294 e. The lowest BCUT2D eigenvalue weighted by molar-refractivity contribution is -0.138. The standard InChI is InChI=1S/C15H10F6N6O2/c16-14(17,18)6-2-22-12(23-3-6)26-10(28)8-1-9(8)11(29)27-13-24-4-7(5-25-13)15(19,20)21/h2-5,8-9H,1H2,(H,22,23,26,28)(H,24,25,27,29). The second kappa shape index (κ2) is 7.25. The molecule has 0 aromatic carbocycles. The maximum absolute atomic E-state index is 12.4. The lowest BCUT2D eigenvalue weighted by Crippen LogP contribution is -2.22. The molecule has 1 aliphatic rings. The fourth-order valence-corrected chi connectivity index (χ4v) is 2.26. The molecule has 1 aliphatic carbocycles. The zero-order valence-corrected chi connectivity index (χ0v) is 14.0. The van der Waals surface area contributed by atoms with Crippen LogP contribution in [-0.2, 0) is 21.9 Å². The van der Waals surface area contributed by atoms with Gasteiger partial charge in [0.1, 0.15) is 0 Å². The van der Waals surface area contributed by atoms with E-state index in [1.165, 1.54) is 0 Å². The van der Waals surface area contributed by atoms with Crippen LogP contribution in [0.5, 0.6) is 0 Å². The molecule has 154 valence electrons. The summed E-state index contributed by atoms with van der Waals surface area (Å²) >= 11 is 0. The van der Waals surface area contributed by atoms with Crippen LogP contribution in [0, 0.1) is 11.8 Å². The van der Waals surface area contributed by atoms with Crippen molar-refractivity contribution in [2.45, 2.75) is 18.8 Å². The Labute approximate surface area is 157 Å². The number of halogens is 6. The number of alkyl halides is 6. The molecule has 2 aromatic heterocycles. The van der Waals surface area contributed by atoms with Crippen LogP contribution in [0.3, 0.4) is 0 Å². The molecule has 2 aromatic rings. The molecule has 8 nitrogen and oxygen atoms in total. The van der Waals surface area contributed by atoms with E-state index in [9.17, 15) is 35.9 Å². The van der Waals surface area contributed by atoms with Crippen molar-refractivity contribution in [3.63, 3.8) is 0 Å². The topological polar surface area (TPSA) is 110 Å². The Bertz CT molecular complexity index is 837. The van der Waals surface area contributed by atoms with E-state index in [1.54, 1.807) is 0 Å². The number of aromatic nitrogens is 4.